The van der Waals surface area contributed by atoms with Crippen LogP contribution in [-0.4, -0.2) is 44.3 Å². The van der Waals surface area contributed by atoms with E-state index in [9.17, 15) is 18.0 Å². The standard InChI is InChI=1S/C21H25N3O4S2/c25-19(24-11-1-3-16(14-24)21(26)22-17-9-10-17)13-15-5-7-18(8-6-15)23-30(27,28)20-4-2-12-29-20/h2,4-8,12,16-17,23H,1,3,9-11,13-14H2,(H,22,26). The third-order valence-electron chi connectivity index (χ3n) is 5.39. The number of carbonyl (C=O) groups excluding carboxylic acids is 2. The molecule has 0 bridgehead atoms. The number of piperidine rings is 1. The molecular weight excluding hydrogens is 422 g/mol. The van der Waals surface area contributed by atoms with Gasteiger partial charge in [-0.05, 0) is 54.8 Å². The predicted octanol–water partition coefficient (Wildman–Crippen LogP) is 2.61. The summed E-state index contributed by atoms with van der Waals surface area (Å²) in [4.78, 5) is 26.8. The largest absolute Gasteiger partial charge is 0.353 e. The summed E-state index contributed by atoms with van der Waals surface area (Å²) in [6.07, 6.45) is 4.00. The molecule has 1 aliphatic carbocycles. The highest BCUT2D eigenvalue weighted by Gasteiger charge is 2.31. The molecule has 1 saturated carbocycles. The number of hydrogen-bond acceptors (Lipinski definition) is 5. The van der Waals surface area contributed by atoms with Crippen molar-refractivity contribution < 1.29 is 18.0 Å². The molecule has 4 rings (SSSR count). The van der Waals surface area contributed by atoms with Gasteiger partial charge in [-0.2, -0.15) is 0 Å². The first-order valence-corrected chi connectivity index (χ1v) is 12.5. The number of rotatable bonds is 7. The van der Waals surface area contributed by atoms with Crippen molar-refractivity contribution in [2.75, 3.05) is 17.8 Å². The number of amides is 2. The topological polar surface area (TPSA) is 95.6 Å². The van der Waals surface area contributed by atoms with Crippen molar-refractivity contribution in [3.8, 4) is 0 Å². The van der Waals surface area contributed by atoms with Gasteiger partial charge >= 0.3 is 0 Å². The zero-order valence-corrected chi connectivity index (χ0v) is 18.2. The summed E-state index contributed by atoms with van der Waals surface area (Å²) in [5.74, 6) is -0.0689. The van der Waals surface area contributed by atoms with E-state index >= 15 is 0 Å². The van der Waals surface area contributed by atoms with Gasteiger partial charge in [-0.3, -0.25) is 14.3 Å². The zero-order valence-electron chi connectivity index (χ0n) is 16.5. The average Bonchev–Trinajstić information content (AvgIpc) is 3.36. The second-order valence-corrected chi connectivity index (χ2v) is 10.7. The van der Waals surface area contributed by atoms with E-state index in [0.717, 1.165) is 42.6 Å². The van der Waals surface area contributed by atoms with Gasteiger partial charge in [-0.15, -0.1) is 11.3 Å². The Bertz CT molecular complexity index is 999. The summed E-state index contributed by atoms with van der Waals surface area (Å²) in [5.41, 5.74) is 1.26. The number of thiophene rings is 1. The molecule has 9 heteroatoms. The van der Waals surface area contributed by atoms with Crippen LogP contribution in [-0.2, 0) is 26.0 Å². The summed E-state index contributed by atoms with van der Waals surface area (Å²) in [7, 11) is -3.59. The molecule has 1 unspecified atom stereocenters. The van der Waals surface area contributed by atoms with Gasteiger partial charge < -0.3 is 10.2 Å². The van der Waals surface area contributed by atoms with E-state index in [1.54, 1.807) is 46.7 Å². The molecule has 160 valence electrons. The van der Waals surface area contributed by atoms with Gasteiger partial charge in [0.05, 0.1) is 12.3 Å². The minimum absolute atomic E-state index is 0.00848. The number of likely N-dealkylation sites (tertiary alicyclic amines) is 1. The summed E-state index contributed by atoms with van der Waals surface area (Å²) in [6, 6.07) is 10.4. The maximum atomic E-state index is 12.7. The molecule has 2 aliphatic rings. The minimum atomic E-state index is -3.59. The molecule has 1 aromatic carbocycles. The van der Waals surface area contributed by atoms with Crippen LogP contribution in [0.5, 0.6) is 0 Å². The van der Waals surface area contributed by atoms with Crippen molar-refractivity contribution in [1.29, 1.82) is 0 Å². The van der Waals surface area contributed by atoms with Crippen molar-refractivity contribution in [1.82, 2.24) is 10.2 Å². The number of anilines is 1. The van der Waals surface area contributed by atoms with Gasteiger partial charge in [-0.1, -0.05) is 18.2 Å². The molecule has 30 heavy (non-hydrogen) atoms. The van der Waals surface area contributed by atoms with Gasteiger partial charge in [0, 0.05) is 24.8 Å². The lowest BCUT2D eigenvalue weighted by atomic mass is 9.96. The van der Waals surface area contributed by atoms with Gasteiger partial charge in [-0.25, -0.2) is 8.42 Å². The molecule has 2 fully saturated rings. The van der Waals surface area contributed by atoms with Gasteiger partial charge in [0.25, 0.3) is 10.0 Å². The van der Waals surface area contributed by atoms with Crippen LogP contribution < -0.4 is 10.0 Å². The Balaban J connectivity index is 1.32. The Morgan fingerprint density at radius 1 is 1.10 bits per heavy atom. The van der Waals surface area contributed by atoms with E-state index in [-0.39, 0.29) is 28.4 Å². The van der Waals surface area contributed by atoms with Crippen LogP contribution in [0.3, 0.4) is 0 Å². The molecule has 1 saturated heterocycles. The second kappa shape index (κ2) is 8.77. The lowest BCUT2D eigenvalue weighted by molar-refractivity contribution is -0.135. The monoisotopic (exact) mass is 447 g/mol. The number of sulfonamides is 1. The van der Waals surface area contributed by atoms with Crippen LogP contribution in [0.25, 0.3) is 0 Å². The summed E-state index contributed by atoms with van der Waals surface area (Å²) >= 11 is 1.16. The Morgan fingerprint density at radius 2 is 1.87 bits per heavy atom. The number of nitrogens with one attached hydrogen (secondary N) is 2. The first-order chi connectivity index (χ1) is 14.4. The minimum Gasteiger partial charge on any atom is -0.353 e. The molecule has 2 aromatic rings. The van der Waals surface area contributed by atoms with Crippen LogP contribution in [0.2, 0.25) is 0 Å². The van der Waals surface area contributed by atoms with Crippen molar-refractivity contribution in [3.63, 3.8) is 0 Å². The summed E-state index contributed by atoms with van der Waals surface area (Å²) < 4.78 is 27.4. The van der Waals surface area contributed by atoms with E-state index in [4.69, 9.17) is 0 Å². The van der Waals surface area contributed by atoms with Gasteiger partial charge in [0.2, 0.25) is 11.8 Å². The molecule has 7 nitrogen and oxygen atoms in total. The first kappa shape index (κ1) is 20.9. The Labute approximate surface area is 180 Å². The Hall–Kier alpha value is -2.39. The van der Waals surface area contributed by atoms with Crippen LogP contribution >= 0.6 is 11.3 Å². The number of nitrogens with zero attached hydrogens (tertiary/aromatic N) is 1. The lowest BCUT2D eigenvalue weighted by Crippen LogP contribution is -2.46. The van der Waals surface area contributed by atoms with Crippen molar-refractivity contribution >= 4 is 38.9 Å². The molecule has 1 atom stereocenters. The molecule has 0 spiro atoms. The number of carbonyl (C=O) groups is 2. The first-order valence-electron chi connectivity index (χ1n) is 10.1. The Morgan fingerprint density at radius 3 is 2.53 bits per heavy atom. The van der Waals surface area contributed by atoms with Crippen LogP contribution in [0.1, 0.15) is 31.2 Å². The molecule has 2 amide bonds. The molecular formula is C21H25N3O4S2. The predicted molar refractivity (Wildman–Crippen MR) is 116 cm³/mol. The number of hydrogen-bond donors (Lipinski definition) is 2. The quantitative estimate of drug-likeness (QED) is 0.682. The van der Waals surface area contributed by atoms with E-state index in [2.05, 4.69) is 10.0 Å². The van der Waals surface area contributed by atoms with E-state index in [1.165, 1.54) is 0 Å². The third-order valence-corrected chi connectivity index (χ3v) is 8.17. The fraction of sp³-hybridized carbons (Fsp3) is 0.429. The number of benzene rings is 1. The Kier molecular flexibility index (Phi) is 6.10. The smallest absolute Gasteiger partial charge is 0.271 e. The summed E-state index contributed by atoms with van der Waals surface area (Å²) in [5, 5.41) is 4.75. The highest BCUT2D eigenvalue weighted by molar-refractivity contribution is 7.94. The second-order valence-electron chi connectivity index (χ2n) is 7.87. The third kappa shape index (κ3) is 5.20. The lowest BCUT2D eigenvalue weighted by Gasteiger charge is -2.32. The molecule has 2 N–H and O–H groups in total. The molecule has 1 aromatic heterocycles. The maximum absolute atomic E-state index is 12.7. The molecule has 0 radical (unpaired) electrons. The highest BCUT2D eigenvalue weighted by atomic mass is 32.2. The molecule has 2 heterocycles. The van der Waals surface area contributed by atoms with Crippen molar-refractivity contribution in [2.24, 2.45) is 5.92 Å². The van der Waals surface area contributed by atoms with Crippen LogP contribution in [0, 0.1) is 5.92 Å². The van der Waals surface area contributed by atoms with Gasteiger partial charge in [0.15, 0.2) is 0 Å². The SMILES string of the molecule is O=C(NC1CC1)C1CCCN(C(=O)Cc2ccc(NS(=O)(=O)c3cccs3)cc2)C1. The van der Waals surface area contributed by atoms with Gasteiger partial charge in [0.1, 0.15) is 4.21 Å². The van der Waals surface area contributed by atoms with Crippen molar-refractivity contribution in [2.45, 2.75) is 42.4 Å². The van der Waals surface area contributed by atoms with Crippen LogP contribution in [0.15, 0.2) is 46.0 Å². The van der Waals surface area contributed by atoms with E-state index < -0.39 is 10.0 Å². The maximum Gasteiger partial charge on any atom is 0.271 e. The van der Waals surface area contributed by atoms with Crippen LogP contribution in [0.4, 0.5) is 5.69 Å². The highest BCUT2D eigenvalue weighted by Crippen LogP contribution is 2.23. The molecule has 1 aliphatic heterocycles. The zero-order chi connectivity index (χ0) is 21.1. The summed E-state index contributed by atoms with van der Waals surface area (Å²) in [6.45, 7) is 1.14. The average molecular weight is 448 g/mol. The van der Waals surface area contributed by atoms with E-state index in [0.29, 0.717) is 24.8 Å². The normalized spacial score (nSPS) is 19.3. The fourth-order valence-electron chi connectivity index (χ4n) is 3.56. The van der Waals surface area contributed by atoms with Crippen molar-refractivity contribution in [3.05, 3.63) is 47.3 Å². The fourth-order valence-corrected chi connectivity index (χ4v) is 5.61. The van der Waals surface area contributed by atoms with E-state index in [1.807, 2.05) is 0 Å².